The maximum Gasteiger partial charge on any atom is 0.221 e. The molecule has 0 aromatic heterocycles. The van der Waals surface area contributed by atoms with E-state index in [9.17, 15) is 9.18 Å². The molecule has 0 heterocycles. The number of rotatable bonds is 4. The maximum absolute atomic E-state index is 12.7. The van der Waals surface area contributed by atoms with Crippen LogP contribution < -0.4 is 5.32 Å². The van der Waals surface area contributed by atoms with Crippen LogP contribution >= 0.6 is 0 Å². The van der Waals surface area contributed by atoms with E-state index in [1.54, 1.807) is 12.1 Å². The summed E-state index contributed by atoms with van der Waals surface area (Å²) in [5, 5.41) is 10.9. The van der Waals surface area contributed by atoms with E-state index in [2.05, 4.69) is 5.32 Å². The Morgan fingerprint density at radius 1 is 1.53 bits per heavy atom. The van der Waals surface area contributed by atoms with Crippen molar-refractivity contribution in [2.24, 2.45) is 0 Å². The van der Waals surface area contributed by atoms with Gasteiger partial charge in [-0.05, 0) is 17.7 Å². The summed E-state index contributed by atoms with van der Waals surface area (Å²) in [6.07, 6.45) is 0.390. The molecule has 15 heavy (non-hydrogen) atoms. The Labute approximate surface area is 87.5 Å². The quantitative estimate of drug-likeness (QED) is 0.815. The molecule has 1 N–H and O–H groups in total. The summed E-state index contributed by atoms with van der Waals surface area (Å²) in [6.45, 7) is 0.294. The van der Waals surface area contributed by atoms with Crippen LogP contribution in [0.2, 0.25) is 0 Å². The van der Waals surface area contributed by atoms with Crippen LogP contribution in [0.1, 0.15) is 18.4 Å². The first-order valence-electron chi connectivity index (χ1n) is 4.60. The van der Waals surface area contributed by atoms with E-state index < -0.39 is 0 Å². The molecular formula is C11H11FN2O. The summed E-state index contributed by atoms with van der Waals surface area (Å²) in [6, 6.07) is 7.92. The Hall–Kier alpha value is -1.89. The third-order valence-corrected chi connectivity index (χ3v) is 1.84. The van der Waals surface area contributed by atoms with Crippen LogP contribution in [-0.4, -0.2) is 5.91 Å². The first-order chi connectivity index (χ1) is 7.22. The van der Waals surface area contributed by atoms with Crippen LogP contribution in [0, 0.1) is 17.1 Å². The predicted octanol–water partition coefficient (Wildman–Crippen LogP) is 1.75. The molecule has 3 nitrogen and oxygen atoms in total. The Bertz CT molecular complexity index is 384. The fourth-order valence-electron chi connectivity index (χ4n) is 1.11. The number of hydrogen-bond acceptors (Lipinski definition) is 2. The largest absolute Gasteiger partial charge is 0.352 e. The van der Waals surface area contributed by atoms with Crippen molar-refractivity contribution < 1.29 is 9.18 Å². The van der Waals surface area contributed by atoms with E-state index in [0.29, 0.717) is 12.1 Å². The molecule has 1 rings (SSSR count). The summed E-state index contributed by atoms with van der Waals surface area (Å²) in [4.78, 5) is 11.1. The third-order valence-electron chi connectivity index (χ3n) is 1.84. The summed E-state index contributed by atoms with van der Waals surface area (Å²) >= 11 is 0. The van der Waals surface area contributed by atoms with Crippen molar-refractivity contribution in [2.45, 2.75) is 19.4 Å². The van der Waals surface area contributed by atoms with Crippen LogP contribution in [-0.2, 0) is 11.3 Å². The standard InChI is InChI=1S/C11H11FN2O/c12-10-4-1-3-9(7-10)8-14-11(15)5-2-6-13/h1,3-4,7H,2,5,8H2,(H,14,15). The monoisotopic (exact) mass is 206 g/mol. The molecule has 0 fully saturated rings. The number of carbonyl (C=O) groups excluding carboxylic acids is 1. The molecule has 0 saturated carbocycles. The minimum Gasteiger partial charge on any atom is -0.352 e. The Kier molecular flexibility index (Phi) is 4.30. The molecule has 0 aliphatic carbocycles. The first kappa shape index (κ1) is 11.2. The van der Waals surface area contributed by atoms with Gasteiger partial charge in [0.25, 0.3) is 0 Å². The molecule has 0 saturated heterocycles. The number of nitrogens with zero attached hydrogens (tertiary/aromatic N) is 1. The van der Waals surface area contributed by atoms with Crippen molar-refractivity contribution in [1.82, 2.24) is 5.32 Å². The number of carbonyl (C=O) groups is 1. The molecule has 0 atom stereocenters. The van der Waals surface area contributed by atoms with Crippen LogP contribution in [0.15, 0.2) is 24.3 Å². The van der Waals surface area contributed by atoms with Crippen molar-refractivity contribution in [3.05, 3.63) is 35.6 Å². The number of amides is 1. The smallest absolute Gasteiger partial charge is 0.221 e. The molecule has 78 valence electrons. The van der Waals surface area contributed by atoms with Crippen LogP contribution in [0.3, 0.4) is 0 Å². The lowest BCUT2D eigenvalue weighted by Crippen LogP contribution is -2.22. The Morgan fingerprint density at radius 2 is 2.33 bits per heavy atom. The van der Waals surface area contributed by atoms with Gasteiger partial charge in [0.1, 0.15) is 5.82 Å². The maximum atomic E-state index is 12.7. The van der Waals surface area contributed by atoms with Gasteiger partial charge in [0.15, 0.2) is 0 Å². The highest BCUT2D eigenvalue weighted by Crippen LogP contribution is 2.02. The third kappa shape index (κ3) is 4.23. The summed E-state index contributed by atoms with van der Waals surface area (Å²) in [7, 11) is 0. The molecule has 0 unspecified atom stereocenters. The van der Waals surface area contributed by atoms with Crippen molar-refractivity contribution in [1.29, 1.82) is 5.26 Å². The zero-order valence-electron chi connectivity index (χ0n) is 8.16. The average molecular weight is 206 g/mol. The normalized spacial score (nSPS) is 9.33. The summed E-state index contributed by atoms with van der Waals surface area (Å²) in [5.41, 5.74) is 0.709. The predicted molar refractivity (Wildman–Crippen MR) is 53.1 cm³/mol. The van der Waals surface area contributed by atoms with Gasteiger partial charge in [-0.25, -0.2) is 4.39 Å². The molecule has 1 aromatic rings. The van der Waals surface area contributed by atoms with Crippen LogP contribution in [0.5, 0.6) is 0 Å². The average Bonchev–Trinajstić information content (AvgIpc) is 2.23. The van der Waals surface area contributed by atoms with E-state index in [0.717, 1.165) is 0 Å². The van der Waals surface area contributed by atoms with Gasteiger partial charge in [-0.1, -0.05) is 12.1 Å². The molecule has 0 bridgehead atoms. The van der Waals surface area contributed by atoms with Crippen molar-refractivity contribution in [3.63, 3.8) is 0 Å². The van der Waals surface area contributed by atoms with Crippen molar-refractivity contribution in [2.75, 3.05) is 0 Å². The van der Waals surface area contributed by atoms with Crippen molar-refractivity contribution in [3.8, 4) is 6.07 Å². The zero-order chi connectivity index (χ0) is 11.1. The molecule has 1 amide bonds. The molecule has 0 radical (unpaired) electrons. The molecule has 4 heteroatoms. The highest BCUT2D eigenvalue weighted by atomic mass is 19.1. The highest BCUT2D eigenvalue weighted by Gasteiger charge is 2.00. The van der Waals surface area contributed by atoms with Gasteiger partial charge in [0.2, 0.25) is 5.91 Å². The van der Waals surface area contributed by atoms with E-state index in [-0.39, 0.29) is 24.6 Å². The minimum absolute atomic E-state index is 0.186. The Morgan fingerprint density at radius 3 is 3.00 bits per heavy atom. The molecule has 1 aromatic carbocycles. The molecular weight excluding hydrogens is 195 g/mol. The number of nitriles is 1. The lowest BCUT2D eigenvalue weighted by atomic mass is 10.2. The molecule has 0 aliphatic heterocycles. The van der Waals surface area contributed by atoms with E-state index in [1.165, 1.54) is 12.1 Å². The highest BCUT2D eigenvalue weighted by molar-refractivity contribution is 5.76. The Balaban J connectivity index is 2.37. The van der Waals surface area contributed by atoms with Gasteiger partial charge in [-0.2, -0.15) is 5.26 Å². The van der Waals surface area contributed by atoms with Crippen LogP contribution in [0.4, 0.5) is 4.39 Å². The van der Waals surface area contributed by atoms with E-state index in [1.807, 2.05) is 6.07 Å². The number of benzene rings is 1. The van der Waals surface area contributed by atoms with Crippen molar-refractivity contribution >= 4 is 5.91 Å². The molecule has 0 spiro atoms. The second-order valence-corrected chi connectivity index (χ2v) is 3.06. The van der Waals surface area contributed by atoms with E-state index >= 15 is 0 Å². The van der Waals surface area contributed by atoms with Gasteiger partial charge in [0.05, 0.1) is 6.07 Å². The number of halogens is 1. The van der Waals surface area contributed by atoms with Gasteiger partial charge < -0.3 is 5.32 Å². The first-order valence-corrected chi connectivity index (χ1v) is 4.60. The number of hydrogen-bond donors (Lipinski definition) is 1. The second-order valence-electron chi connectivity index (χ2n) is 3.06. The fourth-order valence-corrected chi connectivity index (χ4v) is 1.11. The summed E-state index contributed by atoms with van der Waals surface area (Å²) in [5.74, 6) is -0.514. The second kappa shape index (κ2) is 5.76. The lowest BCUT2D eigenvalue weighted by molar-refractivity contribution is -0.121. The lowest BCUT2D eigenvalue weighted by Gasteiger charge is -2.03. The van der Waals surface area contributed by atoms with Gasteiger partial charge in [-0.15, -0.1) is 0 Å². The van der Waals surface area contributed by atoms with Gasteiger partial charge >= 0.3 is 0 Å². The SMILES string of the molecule is N#CCCC(=O)NCc1cccc(F)c1. The zero-order valence-corrected chi connectivity index (χ0v) is 8.16. The minimum atomic E-state index is -0.321. The van der Waals surface area contributed by atoms with Crippen LogP contribution in [0.25, 0.3) is 0 Å². The topological polar surface area (TPSA) is 52.9 Å². The van der Waals surface area contributed by atoms with E-state index in [4.69, 9.17) is 5.26 Å². The van der Waals surface area contributed by atoms with Gasteiger partial charge in [0, 0.05) is 19.4 Å². The number of nitrogens with one attached hydrogen (secondary N) is 1. The fraction of sp³-hybridized carbons (Fsp3) is 0.273. The van der Waals surface area contributed by atoms with Gasteiger partial charge in [-0.3, -0.25) is 4.79 Å². The summed E-state index contributed by atoms with van der Waals surface area (Å²) < 4.78 is 12.7. The molecule has 0 aliphatic rings.